The van der Waals surface area contributed by atoms with Crippen LogP contribution < -0.4 is 9.29 Å². The molecule has 19 heavy (non-hydrogen) atoms. The first-order chi connectivity index (χ1) is 8.76. The molecule has 0 aliphatic rings. The van der Waals surface area contributed by atoms with Crippen molar-refractivity contribution >= 4 is 37.5 Å². The molecule has 102 valence electrons. The highest BCUT2D eigenvalue weighted by atomic mass is 32.2. The summed E-state index contributed by atoms with van der Waals surface area (Å²) in [5.41, 5.74) is 0.575. The average molecular weight is 303 g/mol. The molecule has 0 bridgehead atoms. The van der Waals surface area contributed by atoms with E-state index in [-0.39, 0.29) is 6.54 Å². The summed E-state index contributed by atoms with van der Waals surface area (Å²) in [7, 11) is -3.58. The Labute approximate surface area is 113 Å². The van der Waals surface area contributed by atoms with Gasteiger partial charge >= 0.3 is 0 Å². The third kappa shape index (κ3) is 3.27. The fourth-order valence-corrected chi connectivity index (χ4v) is 3.23. The number of carbonyl (C=O) groups is 1. The van der Waals surface area contributed by atoms with Gasteiger partial charge in [0.05, 0.1) is 6.26 Å². The molecule has 2 aromatic rings. The summed E-state index contributed by atoms with van der Waals surface area (Å²) in [5, 5.41) is 0.796. The van der Waals surface area contributed by atoms with Crippen LogP contribution in [0.25, 0.3) is 10.2 Å². The Balaban J connectivity index is 2.37. The van der Waals surface area contributed by atoms with Gasteiger partial charge in [-0.05, 0) is 12.1 Å². The van der Waals surface area contributed by atoms with Crippen molar-refractivity contribution in [1.82, 2.24) is 4.72 Å². The normalized spacial score (nSPS) is 11.7. The van der Waals surface area contributed by atoms with Crippen LogP contribution in [0.5, 0.6) is 0 Å². The van der Waals surface area contributed by atoms with Crippen LogP contribution in [0.2, 0.25) is 0 Å². The molecule has 1 heterocycles. The van der Waals surface area contributed by atoms with Crippen molar-refractivity contribution in [3.63, 3.8) is 0 Å². The Morgan fingerprint density at radius 2 is 2.16 bits per heavy atom. The molecule has 0 radical (unpaired) electrons. The van der Waals surface area contributed by atoms with Gasteiger partial charge in [0.25, 0.3) is 5.91 Å². The van der Waals surface area contributed by atoms with Gasteiger partial charge in [-0.15, -0.1) is 0 Å². The Bertz CT molecular complexity index is 753. The second kappa shape index (κ2) is 4.86. The first-order valence-corrected chi connectivity index (χ1v) is 8.06. The molecule has 0 saturated carbocycles. The maximum absolute atomic E-state index is 13.2. The zero-order valence-electron chi connectivity index (χ0n) is 10.3. The molecule has 0 fully saturated rings. The predicted molar refractivity (Wildman–Crippen MR) is 69.7 cm³/mol. The third-order valence-corrected chi connectivity index (χ3v) is 4.13. The van der Waals surface area contributed by atoms with E-state index in [0.717, 1.165) is 16.0 Å². The van der Waals surface area contributed by atoms with Gasteiger partial charge in [0.2, 0.25) is 27.1 Å². The van der Waals surface area contributed by atoms with Gasteiger partial charge in [-0.1, -0.05) is 11.3 Å². The van der Waals surface area contributed by atoms with E-state index in [0.29, 0.717) is 5.52 Å². The number of sulfonamides is 1. The molecular weight excluding hydrogens is 291 g/mol. The van der Waals surface area contributed by atoms with Crippen molar-refractivity contribution in [3.05, 3.63) is 29.0 Å². The summed E-state index contributed by atoms with van der Waals surface area (Å²) in [6.07, 6.45) is 0.911. The van der Waals surface area contributed by atoms with E-state index < -0.39 is 21.7 Å². The van der Waals surface area contributed by atoms with Crippen LogP contribution >= 0.6 is 11.3 Å². The Morgan fingerprint density at radius 1 is 1.47 bits per heavy atom. The number of aromatic nitrogens is 1. The zero-order valence-corrected chi connectivity index (χ0v) is 11.9. The molecule has 8 heteroatoms. The molecule has 1 N–H and O–H groups in total. The Morgan fingerprint density at radius 3 is 2.79 bits per heavy atom. The number of carbonyl (C=O) groups excluding carboxylic acids is 1. The smallest absolute Gasteiger partial charge is 0.267 e. The van der Waals surface area contributed by atoms with Crippen LogP contribution in [-0.4, -0.2) is 20.6 Å². The molecule has 1 aromatic heterocycles. The van der Waals surface area contributed by atoms with Gasteiger partial charge < -0.3 is 0 Å². The minimum Gasteiger partial charge on any atom is -0.267 e. The number of hydrogen-bond acceptors (Lipinski definition) is 4. The largest absolute Gasteiger partial charge is 0.299 e. The molecule has 1 amide bonds. The third-order valence-electron chi connectivity index (χ3n) is 2.45. The maximum Gasteiger partial charge on any atom is 0.299 e. The van der Waals surface area contributed by atoms with Gasteiger partial charge in [-0.3, -0.25) is 4.79 Å². The van der Waals surface area contributed by atoms with E-state index >= 15 is 0 Å². The number of rotatable bonds is 3. The van der Waals surface area contributed by atoms with Crippen molar-refractivity contribution in [1.29, 1.82) is 0 Å². The van der Waals surface area contributed by atoms with E-state index in [1.807, 2.05) is 4.72 Å². The zero-order chi connectivity index (χ0) is 14.2. The van der Waals surface area contributed by atoms with Gasteiger partial charge in [0.15, 0.2) is 0 Å². The molecule has 5 nitrogen and oxygen atoms in total. The minimum absolute atomic E-state index is 0.164. The first kappa shape index (κ1) is 13.9. The van der Waals surface area contributed by atoms with Crippen LogP contribution in [0.3, 0.4) is 0 Å². The molecular formula is C11H12FN2O3S2+. The van der Waals surface area contributed by atoms with Gasteiger partial charge in [-0.25, -0.2) is 17.5 Å². The summed E-state index contributed by atoms with van der Waals surface area (Å²) in [4.78, 5) is 11.6. The monoisotopic (exact) mass is 303 g/mol. The van der Waals surface area contributed by atoms with E-state index in [9.17, 15) is 17.6 Å². The quantitative estimate of drug-likeness (QED) is 0.849. The number of amides is 1. The first-order valence-electron chi connectivity index (χ1n) is 5.35. The molecule has 0 unspecified atom stereocenters. The van der Waals surface area contributed by atoms with E-state index in [1.165, 1.54) is 23.5 Å². The van der Waals surface area contributed by atoms with Crippen LogP contribution in [0, 0.1) is 12.7 Å². The van der Waals surface area contributed by atoms with Gasteiger partial charge in [-0.2, -0.15) is 4.57 Å². The summed E-state index contributed by atoms with van der Waals surface area (Å²) in [6.45, 7) is 1.62. The summed E-state index contributed by atoms with van der Waals surface area (Å²) >= 11 is 1.41. The highest BCUT2D eigenvalue weighted by Crippen LogP contribution is 2.20. The van der Waals surface area contributed by atoms with Crippen molar-refractivity contribution in [2.75, 3.05) is 6.26 Å². The Kier molecular flexibility index (Phi) is 3.55. The molecule has 0 spiro atoms. The van der Waals surface area contributed by atoms with Crippen molar-refractivity contribution in [3.8, 4) is 0 Å². The van der Waals surface area contributed by atoms with E-state index in [2.05, 4.69) is 0 Å². The topological polar surface area (TPSA) is 67.1 Å². The standard InChI is InChI=1S/C11H11FN2O3S2/c1-7-14(6-11(15)13-19(2,16)17)9-5-8(12)3-4-10(9)18-7/h3-5H,6H2,1-2H3/p+1. The summed E-state index contributed by atoms with van der Waals surface area (Å²) < 4.78 is 39.5. The van der Waals surface area contributed by atoms with E-state index in [4.69, 9.17) is 0 Å². The molecule has 1 aromatic carbocycles. The van der Waals surface area contributed by atoms with E-state index in [1.54, 1.807) is 17.6 Å². The fourth-order valence-electron chi connectivity index (χ4n) is 1.75. The van der Waals surface area contributed by atoms with Crippen LogP contribution in [0.1, 0.15) is 5.01 Å². The van der Waals surface area contributed by atoms with Crippen molar-refractivity contribution in [2.45, 2.75) is 13.5 Å². The molecule has 0 aliphatic heterocycles. The van der Waals surface area contributed by atoms with Crippen molar-refractivity contribution in [2.24, 2.45) is 0 Å². The van der Waals surface area contributed by atoms with Crippen LogP contribution in [0.15, 0.2) is 18.2 Å². The number of hydrogen-bond donors (Lipinski definition) is 1. The highest BCUT2D eigenvalue weighted by Gasteiger charge is 2.22. The second-order valence-electron chi connectivity index (χ2n) is 4.12. The molecule has 0 aliphatic carbocycles. The number of fused-ring (bicyclic) bond motifs is 1. The average Bonchev–Trinajstić information content (AvgIpc) is 2.53. The summed E-state index contributed by atoms with van der Waals surface area (Å²) in [5.74, 6) is -1.05. The lowest BCUT2D eigenvalue weighted by Gasteiger charge is -1.99. The number of nitrogens with one attached hydrogen (secondary N) is 1. The van der Waals surface area contributed by atoms with Crippen LogP contribution in [-0.2, 0) is 21.4 Å². The second-order valence-corrected chi connectivity index (χ2v) is 7.10. The maximum atomic E-state index is 13.2. The van der Waals surface area contributed by atoms with Gasteiger partial charge in [0.1, 0.15) is 10.5 Å². The number of aryl methyl sites for hydroxylation is 1. The number of thiazole rings is 1. The minimum atomic E-state index is -3.58. The van der Waals surface area contributed by atoms with Crippen molar-refractivity contribution < 1.29 is 22.2 Å². The lowest BCUT2D eigenvalue weighted by atomic mass is 10.3. The summed E-state index contributed by atoms with van der Waals surface area (Å²) in [6, 6.07) is 4.30. The fraction of sp³-hybridized carbons (Fsp3) is 0.273. The number of benzene rings is 1. The molecule has 0 saturated heterocycles. The Hall–Kier alpha value is -1.54. The van der Waals surface area contributed by atoms with Gasteiger partial charge in [0, 0.05) is 13.0 Å². The number of nitrogens with zero attached hydrogens (tertiary/aromatic N) is 1. The number of halogens is 1. The lowest BCUT2D eigenvalue weighted by Crippen LogP contribution is -2.45. The molecule has 2 rings (SSSR count). The lowest BCUT2D eigenvalue weighted by molar-refractivity contribution is -0.660. The predicted octanol–water partition coefficient (Wildman–Crippen LogP) is 0.712. The molecule has 0 atom stereocenters. The SMILES string of the molecule is Cc1sc2ccc(F)cc2[n+]1CC(=O)NS(C)(=O)=O. The van der Waals surface area contributed by atoms with Crippen LogP contribution in [0.4, 0.5) is 4.39 Å². The highest BCUT2D eigenvalue weighted by molar-refractivity contribution is 7.89.